The van der Waals surface area contributed by atoms with Crippen LogP contribution in [0.1, 0.15) is 0 Å². The summed E-state index contributed by atoms with van der Waals surface area (Å²) in [5.41, 5.74) is 6.68. The van der Waals surface area contributed by atoms with E-state index in [0.29, 0.717) is 22.1 Å². The van der Waals surface area contributed by atoms with Gasteiger partial charge in [-0.3, -0.25) is 4.72 Å². The first kappa shape index (κ1) is 14.3. The van der Waals surface area contributed by atoms with Gasteiger partial charge < -0.3 is 5.73 Å². The minimum Gasteiger partial charge on any atom is -0.398 e. The van der Waals surface area contributed by atoms with Crippen LogP contribution < -0.4 is 10.5 Å². The smallest absolute Gasteiger partial charge is 0.262 e. The molecule has 3 aromatic carbocycles. The Morgan fingerprint density at radius 3 is 2.23 bits per heavy atom. The maximum Gasteiger partial charge on any atom is 0.262 e. The van der Waals surface area contributed by atoms with Gasteiger partial charge in [0.25, 0.3) is 10.0 Å². The maximum atomic E-state index is 12.9. The molecule has 0 heterocycles. The summed E-state index contributed by atoms with van der Waals surface area (Å²) >= 11 is 0. The largest absolute Gasteiger partial charge is 0.398 e. The topological polar surface area (TPSA) is 72.2 Å². The van der Waals surface area contributed by atoms with Crippen LogP contribution in [0.15, 0.2) is 65.6 Å². The van der Waals surface area contributed by atoms with Gasteiger partial charge in [-0.1, -0.05) is 24.3 Å². The summed E-state index contributed by atoms with van der Waals surface area (Å²) in [7, 11) is -3.80. The molecule has 0 saturated heterocycles. The van der Waals surface area contributed by atoms with E-state index in [-0.39, 0.29) is 4.90 Å². The highest BCUT2D eigenvalue weighted by Gasteiger charge is 2.17. The van der Waals surface area contributed by atoms with Crippen LogP contribution >= 0.6 is 0 Å². The lowest BCUT2D eigenvalue weighted by atomic mass is 10.1. The molecule has 0 saturated carbocycles. The lowest BCUT2D eigenvalue weighted by Crippen LogP contribution is -2.13. The second-order valence-electron chi connectivity index (χ2n) is 4.81. The highest BCUT2D eigenvalue weighted by atomic mass is 32.2. The Morgan fingerprint density at radius 2 is 1.50 bits per heavy atom. The number of nitrogens with one attached hydrogen (secondary N) is 1. The van der Waals surface area contributed by atoms with E-state index in [1.54, 1.807) is 30.3 Å². The fourth-order valence-corrected chi connectivity index (χ4v) is 3.55. The SMILES string of the molecule is Nc1cccc2c(S(=O)(=O)Nc3ccc(F)cc3)cccc12. The van der Waals surface area contributed by atoms with Crippen molar-refractivity contribution in [3.8, 4) is 0 Å². The van der Waals surface area contributed by atoms with Crippen molar-refractivity contribution >= 4 is 32.2 Å². The summed E-state index contributed by atoms with van der Waals surface area (Å²) in [6.45, 7) is 0. The van der Waals surface area contributed by atoms with Gasteiger partial charge in [-0.05, 0) is 36.4 Å². The molecule has 0 bridgehead atoms. The minimum atomic E-state index is -3.80. The number of halogens is 1. The van der Waals surface area contributed by atoms with Crippen LogP contribution in [0.4, 0.5) is 15.8 Å². The molecule has 0 aliphatic carbocycles. The van der Waals surface area contributed by atoms with E-state index in [1.165, 1.54) is 30.3 Å². The summed E-state index contributed by atoms with van der Waals surface area (Å²) in [6, 6.07) is 15.1. The van der Waals surface area contributed by atoms with Crippen LogP contribution in [0.3, 0.4) is 0 Å². The quantitative estimate of drug-likeness (QED) is 0.728. The van der Waals surface area contributed by atoms with Gasteiger partial charge in [0.15, 0.2) is 0 Å². The van der Waals surface area contributed by atoms with E-state index in [1.807, 2.05) is 0 Å². The molecule has 0 aliphatic heterocycles. The molecular weight excluding hydrogens is 303 g/mol. The molecule has 0 radical (unpaired) electrons. The van der Waals surface area contributed by atoms with Gasteiger partial charge >= 0.3 is 0 Å². The summed E-state index contributed by atoms with van der Waals surface area (Å²) in [4.78, 5) is 0.127. The first-order chi connectivity index (χ1) is 10.5. The Kier molecular flexibility index (Phi) is 3.46. The third-order valence-electron chi connectivity index (χ3n) is 3.30. The van der Waals surface area contributed by atoms with Crippen LogP contribution in [0.2, 0.25) is 0 Å². The minimum absolute atomic E-state index is 0.127. The monoisotopic (exact) mass is 316 g/mol. The predicted molar refractivity (Wildman–Crippen MR) is 85.6 cm³/mol. The van der Waals surface area contributed by atoms with Crippen molar-refractivity contribution < 1.29 is 12.8 Å². The predicted octanol–water partition coefficient (Wildman–Crippen LogP) is 3.36. The number of nitrogen functional groups attached to an aromatic ring is 1. The Bertz CT molecular complexity index is 938. The van der Waals surface area contributed by atoms with Crippen molar-refractivity contribution in [2.24, 2.45) is 0 Å². The van der Waals surface area contributed by atoms with Crippen molar-refractivity contribution in [2.45, 2.75) is 4.90 Å². The van der Waals surface area contributed by atoms with Crippen LogP contribution in [0.5, 0.6) is 0 Å². The van der Waals surface area contributed by atoms with Crippen molar-refractivity contribution in [3.63, 3.8) is 0 Å². The molecule has 0 unspecified atom stereocenters. The molecular formula is C16H13FN2O2S. The maximum absolute atomic E-state index is 12.9. The Labute approximate surface area is 127 Å². The number of hydrogen-bond donors (Lipinski definition) is 2. The standard InChI is InChI=1S/C16H13FN2O2S/c17-11-7-9-12(10-8-11)19-22(20,21)16-6-2-3-13-14(16)4-1-5-15(13)18/h1-10,19H,18H2. The van der Waals surface area contributed by atoms with Gasteiger partial charge in [-0.15, -0.1) is 0 Å². The lowest BCUT2D eigenvalue weighted by molar-refractivity contribution is 0.602. The van der Waals surface area contributed by atoms with Crippen LogP contribution in [-0.4, -0.2) is 8.42 Å². The van der Waals surface area contributed by atoms with Gasteiger partial charge in [-0.25, -0.2) is 12.8 Å². The summed E-state index contributed by atoms with van der Waals surface area (Å²) in [5, 5.41) is 1.21. The number of hydrogen-bond acceptors (Lipinski definition) is 3. The third kappa shape index (κ3) is 2.60. The highest BCUT2D eigenvalue weighted by molar-refractivity contribution is 7.93. The molecule has 0 atom stereocenters. The van der Waals surface area contributed by atoms with Crippen LogP contribution in [0, 0.1) is 5.82 Å². The molecule has 22 heavy (non-hydrogen) atoms. The molecule has 3 aromatic rings. The zero-order valence-corrected chi connectivity index (χ0v) is 12.3. The fourth-order valence-electron chi connectivity index (χ4n) is 2.27. The van der Waals surface area contributed by atoms with Gasteiger partial charge in [0.1, 0.15) is 5.82 Å². The molecule has 0 aliphatic rings. The first-order valence-electron chi connectivity index (χ1n) is 6.53. The second kappa shape index (κ2) is 5.31. The van der Waals surface area contributed by atoms with Crippen LogP contribution in [-0.2, 0) is 10.0 Å². The Balaban J connectivity index is 2.09. The zero-order chi connectivity index (χ0) is 15.7. The van der Waals surface area contributed by atoms with E-state index in [4.69, 9.17) is 5.73 Å². The van der Waals surface area contributed by atoms with Gasteiger partial charge in [0.2, 0.25) is 0 Å². The highest BCUT2D eigenvalue weighted by Crippen LogP contribution is 2.28. The van der Waals surface area contributed by atoms with Crippen molar-refractivity contribution in [2.75, 3.05) is 10.5 Å². The molecule has 0 fully saturated rings. The van der Waals surface area contributed by atoms with Crippen molar-refractivity contribution in [1.29, 1.82) is 0 Å². The van der Waals surface area contributed by atoms with Gasteiger partial charge in [0, 0.05) is 22.1 Å². The number of benzene rings is 3. The van der Waals surface area contributed by atoms with E-state index in [0.717, 1.165) is 0 Å². The molecule has 0 amide bonds. The zero-order valence-electron chi connectivity index (χ0n) is 11.5. The molecule has 3 N–H and O–H groups in total. The van der Waals surface area contributed by atoms with Crippen LogP contribution in [0.25, 0.3) is 10.8 Å². The number of rotatable bonds is 3. The van der Waals surface area contributed by atoms with E-state index >= 15 is 0 Å². The second-order valence-corrected chi connectivity index (χ2v) is 6.46. The number of anilines is 2. The summed E-state index contributed by atoms with van der Waals surface area (Å²) in [5.74, 6) is -0.430. The normalized spacial score (nSPS) is 11.5. The van der Waals surface area contributed by atoms with Crippen molar-refractivity contribution in [3.05, 3.63) is 66.5 Å². The van der Waals surface area contributed by atoms with Crippen molar-refractivity contribution in [1.82, 2.24) is 0 Å². The Hall–Kier alpha value is -2.60. The third-order valence-corrected chi connectivity index (χ3v) is 4.74. The van der Waals surface area contributed by atoms with E-state index in [2.05, 4.69) is 4.72 Å². The Morgan fingerprint density at radius 1 is 0.864 bits per heavy atom. The number of fused-ring (bicyclic) bond motifs is 1. The van der Waals surface area contributed by atoms with Gasteiger partial charge in [0.05, 0.1) is 4.90 Å². The van der Waals surface area contributed by atoms with E-state index in [9.17, 15) is 12.8 Å². The molecule has 4 nitrogen and oxygen atoms in total. The number of nitrogens with two attached hydrogens (primary N) is 1. The molecule has 0 aromatic heterocycles. The molecule has 112 valence electrons. The fraction of sp³-hybridized carbons (Fsp3) is 0. The average molecular weight is 316 g/mol. The number of sulfonamides is 1. The molecule has 6 heteroatoms. The summed E-state index contributed by atoms with van der Waals surface area (Å²) < 4.78 is 40.5. The molecule has 0 spiro atoms. The van der Waals surface area contributed by atoms with Gasteiger partial charge in [-0.2, -0.15) is 0 Å². The summed E-state index contributed by atoms with van der Waals surface area (Å²) in [6.07, 6.45) is 0. The molecule has 3 rings (SSSR count). The first-order valence-corrected chi connectivity index (χ1v) is 8.01. The van der Waals surface area contributed by atoms with E-state index < -0.39 is 15.8 Å². The lowest BCUT2D eigenvalue weighted by Gasteiger charge is -2.11. The average Bonchev–Trinajstić information content (AvgIpc) is 2.49.